The number of carbonyl (C=O) groups excluding carboxylic acids is 2. The Bertz CT molecular complexity index is 1130. The van der Waals surface area contributed by atoms with Gasteiger partial charge in [-0.1, -0.05) is 6.42 Å². The summed E-state index contributed by atoms with van der Waals surface area (Å²) in [6.07, 6.45) is 6.86. The van der Waals surface area contributed by atoms with Crippen LogP contribution in [0.5, 0.6) is 0 Å². The second kappa shape index (κ2) is 6.17. The van der Waals surface area contributed by atoms with E-state index in [1.54, 1.807) is 16.8 Å². The zero-order chi connectivity index (χ0) is 20.3. The highest BCUT2D eigenvalue weighted by Gasteiger charge is 2.46. The third-order valence-electron chi connectivity index (χ3n) is 6.34. The zero-order valence-electron chi connectivity index (χ0n) is 16.5. The molecule has 0 bridgehead atoms. The highest BCUT2D eigenvalue weighted by molar-refractivity contribution is 5.98. The lowest BCUT2D eigenvalue weighted by molar-refractivity contribution is -0.114. The minimum Gasteiger partial charge on any atom is -0.350 e. The first-order chi connectivity index (χ1) is 13.9. The van der Waals surface area contributed by atoms with Gasteiger partial charge in [-0.2, -0.15) is 0 Å². The van der Waals surface area contributed by atoms with E-state index in [2.05, 4.69) is 20.9 Å². The molecule has 2 aromatic heterocycles. The average Bonchev–Trinajstić information content (AvgIpc) is 2.96. The molecule has 1 saturated carbocycles. The standard InChI is InChI=1S/C21H23N5O3/c1-11-14-8-13-10-22-16(23-12(2)27)9-15(13)24-17(14)20(29)26-18(11)19(28)25-21(26)6-4-3-5-7-21/h9-10,24H,3-8H2,1-2H3,(H,25,28)(H,22,23,27). The van der Waals surface area contributed by atoms with Crippen molar-refractivity contribution in [2.24, 2.45) is 0 Å². The molecule has 29 heavy (non-hydrogen) atoms. The fraction of sp³-hybridized carbons (Fsp3) is 0.429. The van der Waals surface area contributed by atoms with Gasteiger partial charge in [0, 0.05) is 31.3 Å². The Hall–Kier alpha value is -3.16. The Labute approximate surface area is 167 Å². The number of nitrogens with zero attached hydrogens (tertiary/aromatic N) is 2. The molecule has 1 aliphatic carbocycles. The molecule has 1 spiro atoms. The molecule has 5 rings (SSSR count). The molecule has 0 unspecified atom stereocenters. The second-order valence-corrected chi connectivity index (χ2v) is 8.22. The predicted molar refractivity (Wildman–Crippen MR) is 109 cm³/mol. The van der Waals surface area contributed by atoms with Gasteiger partial charge < -0.3 is 16.0 Å². The largest absolute Gasteiger partial charge is 0.350 e. The van der Waals surface area contributed by atoms with Crippen LogP contribution in [0.3, 0.4) is 0 Å². The maximum absolute atomic E-state index is 13.6. The van der Waals surface area contributed by atoms with Crippen LogP contribution in [0.1, 0.15) is 66.2 Å². The average molecular weight is 393 g/mol. The van der Waals surface area contributed by atoms with Crippen LogP contribution in [0.2, 0.25) is 0 Å². The molecule has 2 aromatic rings. The molecule has 0 atom stereocenters. The first-order valence-corrected chi connectivity index (χ1v) is 10.0. The van der Waals surface area contributed by atoms with E-state index in [-0.39, 0.29) is 17.4 Å². The molecule has 8 nitrogen and oxygen atoms in total. The van der Waals surface area contributed by atoms with Crippen LogP contribution < -0.4 is 21.5 Å². The van der Waals surface area contributed by atoms with Crippen molar-refractivity contribution in [1.29, 1.82) is 0 Å². The van der Waals surface area contributed by atoms with E-state index >= 15 is 0 Å². The Balaban J connectivity index is 1.65. The van der Waals surface area contributed by atoms with Crippen molar-refractivity contribution in [1.82, 2.24) is 14.9 Å². The van der Waals surface area contributed by atoms with Crippen molar-refractivity contribution in [2.45, 2.75) is 58.0 Å². The van der Waals surface area contributed by atoms with E-state index in [0.717, 1.165) is 54.5 Å². The van der Waals surface area contributed by atoms with Gasteiger partial charge in [0.2, 0.25) is 5.91 Å². The summed E-state index contributed by atoms with van der Waals surface area (Å²) in [5.41, 5.74) is 3.58. The highest BCUT2D eigenvalue weighted by atomic mass is 16.2. The van der Waals surface area contributed by atoms with Crippen molar-refractivity contribution < 1.29 is 9.59 Å². The smallest absolute Gasteiger partial charge is 0.277 e. The monoisotopic (exact) mass is 393 g/mol. The molecule has 3 N–H and O–H groups in total. The quantitative estimate of drug-likeness (QED) is 0.589. The summed E-state index contributed by atoms with van der Waals surface area (Å²) >= 11 is 0. The lowest BCUT2D eigenvalue weighted by atomic mass is 9.88. The van der Waals surface area contributed by atoms with Gasteiger partial charge >= 0.3 is 0 Å². The van der Waals surface area contributed by atoms with Crippen LogP contribution >= 0.6 is 0 Å². The fourth-order valence-corrected chi connectivity index (χ4v) is 5.00. The van der Waals surface area contributed by atoms with Crippen LogP contribution in [0.15, 0.2) is 17.1 Å². The third-order valence-corrected chi connectivity index (χ3v) is 6.34. The molecule has 4 heterocycles. The summed E-state index contributed by atoms with van der Waals surface area (Å²) in [7, 11) is 0. The summed E-state index contributed by atoms with van der Waals surface area (Å²) in [5, 5.41) is 9.06. The fourth-order valence-electron chi connectivity index (χ4n) is 5.00. The molecule has 2 aliphatic heterocycles. The number of rotatable bonds is 1. The normalized spacial score (nSPS) is 18.3. The SMILES string of the molecule is CC(=O)Nc1cc2c(cn1)Cc1c(C)c3n(c(=O)c1N2)C1(CCCCC1)NC3=O. The minimum absolute atomic E-state index is 0.158. The van der Waals surface area contributed by atoms with Crippen LogP contribution in [0, 0.1) is 6.92 Å². The number of aromatic nitrogens is 2. The number of anilines is 3. The zero-order valence-corrected chi connectivity index (χ0v) is 16.5. The van der Waals surface area contributed by atoms with Gasteiger partial charge in [-0.25, -0.2) is 4.98 Å². The van der Waals surface area contributed by atoms with Gasteiger partial charge in [0.25, 0.3) is 11.5 Å². The molecule has 0 saturated heterocycles. The van der Waals surface area contributed by atoms with E-state index in [4.69, 9.17) is 0 Å². The first-order valence-electron chi connectivity index (χ1n) is 10.0. The number of hydrogen-bond acceptors (Lipinski definition) is 5. The summed E-state index contributed by atoms with van der Waals surface area (Å²) in [5.74, 6) is 0.0752. The van der Waals surface area contributed by atoms with Gasteiger partial charge in [0.15, 0.2) is 0 Å². The van der Waals surface area contributed by atoms with Gasteiger partial charge in [0.1, 0.15) is 22.9 Å². The molecule has 150 valence electrons. The molecular weight excluding hydrogens is 370 g/mol. The summed E-state index contributed by atoms with van der Waals surface area (Å²) in [6, 6.07) is 1.74. The molecule has 3 aliphatic rings. The van der Waals surface area contributed by atoms with Crippen molar-refractivity contribution in [3.8, 4) is 0 Å². The lowest BCUT2D eigenvalue weighted by Crippen LogP contribution is -2.49. The van der Waals surface area contributed by atoms with Crippen molar-refractivity contribution in [3.63, 3.8) is 0 Å². The Morgan fingerprint density at radius 1 is 1.24 bits per heavy atom. The van der Waals surface area contributed by atoms with Gasteiger partial charge in [0.05, 0.1) is 0 Å². The molecule has 0 radical (unpaired) electrons. The Kier molecular flexibility index (Phi) is 3.81. The molecule has 1 fully saturated rings. The maximum Gasteiger partial charge on any atom is 0.277 e. The number of nitrogens with one attached hydrogen (secondary N) is 3. The second-order valence-electron chi connectivity index (χ2n) is 8.22. The molecule has 2 amide bonds. The Morgan fingerprint density at radius 3 is 2.72 bits per heavy atom. The van der Waals surface area contributed by atoms with Crippen molar-refractivity contribution in [2.75, 3.05) is 10.6 Å². The van der Waals surface area contributed by atoms with E-state index in [1.165, 1.54) is 6.92 Å². The van der Waals surface area contributed by atoms with E-state index in [1.807, 2.05) is 6.92 Å². The number of pyridine rings is 2. The molecule has 8 heteroatoms. The van der Waals surface area contributed by atoms with E-state index < -0.39 is 5.66 Å². The van der Waals surface area contributed by atoms with Crippen molar-refractivity contribution in [3.05, 3.63) is 45.0 Å². The van der Waals surface area contributed by atoms with E-state index in [9.17, 15) is 14.4 Å². The third kappa shape index (κ3) is 2.58. The van der Waals surface area contributed by atoms with Crippen molar-refractivity contribution >= 4 is 29.0 Å². The summed E-state index contributed by atoms with van der Waals surface area (Å²) < 4.78 is 1.70. The number of amides is 2. The lowest BCUT2D eigenvalue weighted by Gasteiger charge is -2.36. The first kappa shape index (κ1) is 17.9. The summed E-state index contributed by atoms with van der Waals surface area (Å²) in [4.78, 5) is 42.0. The van der Waals surface area contributed by atoms with Gasteiger partial charge in [-0.15, -0.1) is 0 Å². The predicted octanol–water partition coefficient (Wildman–Crippen LogP) is 2.52. The number of fused-ring (bicyclic) bond motifs is 4. The van der Waals surface area contributed by atoms with Crippen LogP contribution in [-0.4, -0.2) is 21.4 Å². The highest BCUT2D eigenvalue weighted by Crippen LogP contribution is 2.41. The number of hydrogen-bond donors (Lipinski definition) is 3. The van der Waals surface area contributed by atoms with Crippen LogP contribution in [-0.2, 0) is 16.9 Å². The van der Waals surface area contributed by atoms with E-state index in [0.29, 0.717) is 23.6 Å². The molecule has 0 aromatic carbocycles. The minimum atomic E-state index is -0.608. The topological polar surface area (TPSA) is 105 Å². The maximum atomic E-state index is 13.6. The number of carbonyl (C=O) groups is 2. The van der Waals surface area contributed by atoms with Gasteiger partial charge in [-0.3, -0.25) is 19.0 Å². The van der Waals surface area contributed by atoms with Gasteiger partial charge in [-0.05, 0) is 49.3 Å². The molecular formula is C21H23N5O3. The van der Waals surface area contributed by atoms with Crippen LogP contribution in [0.4, 0.5) is 17.2 Å². The van der Waals surface area contributed by atoms with Crippen LogP contribution in [0.25, 0.3) is 0 Å². The Morgan fingerprint density at radius 2 is 2.00 bits per heavy atom. The summed E-state index contributed by atoms with van der Waals surface area (Å²) in [6.45, 7) is 3.34.